The van der Waals surface area contributed by atoms with Crippen molar-refractivity contribution in [2.45, 2.75) is 17.9 Å². The van der Waals surface area contributed by atoms with E-state index in [-0.39, 0.29) is 35.4 Å². The highest BCUT2D eigenvalue weighted by Crippen LogP contribution is 2.35. The summed E-state index contributed by atoms with van der Waals surface area (Å²) in [5.41, 5.74) is 0.604. The van der Waals surface area contributed by atoms with Gasteiger partial charge in [-0.3, -0.25) is 10.1 Å². The maximum absolute atomic E-state index is 12.9. The number of nitrogens with zero attached hydrogens (tertiary/aromatic N) is 2. The molecule has 1 aliphatic rings. The number of rotatable bonds is 8. The molecule has 0 saturated carbocycles. The molecule has 1 unspecified atom stereocenters. The smallest absolute Gasteiger partial charge is 0.293 e. The fourth-order valence-corrected chi connectivity index (χ4v) is 4.80. The number of sulfonamides is 1. The van der Waals surface area contributed by atoms with Gasteiger partial charge < -0.3 is 19.5 Å². The van der Waals surface area contributed by atoms with Crippen LogP contribution in [0.15, 0.2) is 41.3 Å². The number of nitrogens with one attached hydrogen (secondary N) is 1. The number of morpholine rings is 1. The molecule has 3 rings (SSSR count). The van der Waals surface area contributed by atoms with Gasteiger partial charge in [-0.15, -0.1) is 0 Å². The Kier molecular flexibility index (Phi) is 6.98. The number of hydrogen-bond acceptors (Lipinski definition) is 8. The number of ether oxygens (including phenoxy) is 3. The van der Waals surface area contributed by atoms with Crippen LogP contribution in [0.25, 0.3) is 0 Å². The number of nitro benzene ring substituents is 1. The molecule has 1 aliphatic heterocycles. The van der Waals surface area contributed by atoms with Gasteiger partial charge in [0.15, 0.2) is 0 Å². The van der Waals surface area contributed by atoms with Crippen LogP contribution in [0.3, 0.4) is 0 Å². The average Bonchev–Trinajstić information content (AvgIpc) is 2.79. The molecule has 10 nitrogen and oxygen atoms in total. The Morgan fingerprint density at radius 2 is 1.84 bits per heavy atom. The lowest BCUT2D eigenvalue weighted by Gasteiger charge is -2.26. The highest BCUT2D eigenvalue weighted by atomic mass is 32.2. The van der Waals surface area contributed by atoms with E-state index in [1.165, 1.54) is 23.5 Å². The Bertz CT molecular complexity index is 1050. The summed E-state index contributed by atoms with van der Waals surface area (Å²) in [5.74, 6) is 1.21. The molecule has 0 aromatic heterocycles. The van der Waals surface area contributed by atoms with Crippen LogP contribution in [-0.4, -0.2) is 58.2 Å². The van der Waals surface area contributed by atoms with Crippen molar-refractivity contribution >= 4 is 21.4 Å². The number of hydrogen-bond donors (Lipinski definition) is 1. The first-order valence-corrected chi connectivity index (χ1v) is 11.1. The zero-order chi connectivity index (χ0) is 22.6. The molecule has 1 N–H and O–H groups in total. The van der Waals surface area contributed by atoms with Crippen LogP contribution in [0.4, 0.5) is 11.4 Å². The molecule has 1 atom stereocenters. The molecular formula is C20H25N3O7S. The van der Waals surface area contributed by atoms with Crippen LogP contribution < -0.4 is 14.8 Å². The minimum Gasteiger partial charge on any atom is -0.497 e. The Hall–Kier alpha value is -2.89. The summed E-state index contributed by atoms with van der Waals surface area (Å²) in [6.45, 7) is 2.83. The molecule has 0 aliphatic carbocycles. The summed E-state index contributed by atoms with van der Waals surface area (Å²) >= 11 is 0. The predicted octanol–water partition coefficient (Wildman–Crippen LogP) is 2.81. The second-order valence-corrected chi connectivity index (χ2v) is 8.86. The van der Waals surface area contributed by atoms with E-state index in [1.807, 2.05) is 6.92 Å². The van der Waals surface area contributed by atoms with Crippen molar-refractivity contribution in [3.05, 3.63) is 52.1 Å². The van der Waals surface area contributed by atoms with Crippen LogP contribution in [0.5, 0.6) is 11.5 Å². The van der Waals surface area contributed by atoms with Crippen LogP contribution in [0.1, 0.15) is 18.5 Å². The summed E-state index contributed by atoms with van der Waals surface area (Å²) in [7, 11) is -0.773. The van der Waals surface area contributed by atoms with Crippen molar-refractivity contribution in [1.29, 1.82) is 0 Å². The Morgan fingerprint density at radius 1 is 1.13 bits per heavy atom. The van der Waals surface area contributed by atoms with Gasteiger partial charge >= 0.3 is 0 Å². The van der Waals surface area contributed by atoms with E-state index in [4.69, 9.17) is 14.2 Å². The first-order valence-electron chi connectivity index (χ1n) is 9.62. The van der Waals surface area contributed by atoms with Gasteiger partial charge in [-0.25, -0.2) is 8.42 Å². The van der Waals surface area contributed by atoms with Crippen molar-refractivity contribution in [1.82, 2.24) is 4.31 Å². The lowest BCUT2D eigenvalue weighted by atomic mass is 10.1. The molecule has 1 fully saturated rings. The van der Waals surface area contributed by atoms with Crippen LogP contribution in [0, 0.1) is 10.1 Å². The zero-order valence-electron chi connectivity index (χ0n) is 17.5. The van der Waals surface area contributed by atoms with E-state index in [9.17, 15) is 18.5 Å². The molecule has 1 saturated heterocycles. The molecule has 0 radical (unpaired) electrons. The van der Waals surface area contributed by atoms with Crippen molar-refractivity contribution in [2.24, 2.45) is 0 Å². The summed E-state index contributed by atoms with van der Waals surface area (Å²) in [6, 6.07) is 8.76. The minimum atomic E-state index is -3.85. The molecular weight excluding hydrogens is 426 g/mol. The van der Waals surface area contributed by atoms with Crippen molar-refractivity contribution in [3.63, 3.8) is 0 Å². The van der Waals surface area contributed by atoms with E-state index in [1.54, 1.807) is 25.3 Å². The fraction of sp³-hybridized carbons (Fsp3) is 0.400. The maximum Gasteiger partial charge on any atom is 0.293 e. The molecule has 168 valence electrons. The van der Waals surface area contributed by atoms with Gasteiger partial charge in [0.1, 0.15) is 17.2 Å². The Morgan fingerprint density at radius 3 is 2.45 bits per heavy atom. The molecule has 0 amide bonds. The Balaban J connectivity index is 1.93. The fourth-order valence-electron chi connectivity index (χ4n) is 3.37. The van der Waals surface area contributed by atoms with E-state index >= 15 is 0 Å². The van der Waals surface area contributed by atoms with E-state index in [2.05, 4.69) is 5.32 Å². The van der Waals surface area contributed by atoms with Crippen LogP contribution in [0.2, 0.25) is 0 Å². The maximum atomic E-state index is 12.9. The second-order valence-electron chi connectivity index (χ2n) is 6.93. The first kappa shape index (κ1) is 22.8. The third-order valence-electron chi connectivity index (χ3n) is 5.05. The lowest BCUT2D eigenvalue weighted by molar-refractivity contribution is -0.384. The number of anilines is 1. The van der Waals surface area contributed by atoms with Gasteiger partial charge in [-0.2, -0.15) is 4.31 Å². The normalized spacial score (nSPS) is 15.8. The summed E-state index contributed by atoms with van der Waals surface area (Å²) < 4.78 is 42.8. The highest BCUT2D eigenvalue weighted by Gasteiger charge is 2.29. The third kappa shape index (κ3) is 4.89. The third-order valence-corrected chi connectivity index (χ3v) is 6.94. The molecule has 31 heavy (non-hydrogen) atoms. The zero-order valence-corrected chi connectivity index (χ0v) is 18.3. The molecule has 2 aromatic carbocycles. The van der Waals surface area contributed by atoms with Crippen molar-refractivity contribution in [2.75, 3.05) is 45.8 Å². The molecule has 2 aromatic rings. The summed E-state index contributed by atoms with van der Waals surface area (Å²) in [5, 5.41) is 14.8. The summed E-state index contributed by atoms with van der Waals surface area (Å²) in [4.78, 5) is 11.0. The predicted molar refractivity (Wildman–Crippen MR) is 114 cm³/mol. The van der Waals surface area contributed by atoms with Gasteiger partial charge in [0.2, 0.25) is 10.0 Å². The molecule has 0 bridgehead atoms. The monoisotopic (exact) mass is 451 g/mol. The standard InChI is InChI=1S/C20H25N3O7S/c1-14(17-12-15(28-2)4-7-20(17)29-3)21-18-6-5-16(13-19(18)23(24)25)31(26,27)22-8-10-30-11-9-22/h4-7,12-14,21H,8-11H2,1-3H3. The molecule has 0 spiro atoms. The topological polar surface area (TPSA) is 120 Å². The van der Waals surface area contributed by atoms with Crippen LogP contribution in [-0.2, 0) is 14.8 Å². The lowest BCUT2D eigenvalue weighted by Crippen LogP contribution is -2.40. The van der Waals surface area contributed by atoms with Crippen molar-refractivity contribution < 1.29 is 27.6 Å². The van der Waals surface area contributed by atoms with E-state index < -0.39 is 14.9 Å². The minimum absolute atomic E-state index is 0.127. The Labute approximate surface area is 180 Å². The van der Waals surface area contributed by atoms with Crippen LogP contribution >= 0.6 is 0 Å². The number of benzene rings is 2. The van der Waals surface area contributed by atoms with Gasteiger partial charge in [0, 0.05) is 24.7 Å². The van der Waals surface area contributed by atoms with Crippen molar-refractivity contribution in [3.8, 4) is 11.5 Å². The first-order chi connectivity index (χ1) is 14.8. The highest BCUT2D eigenvalue weighted by molar-refractivity contribution is 7.89. The number of nitro groups is 1. The number of methoxy groups -OCH3 is 2. The van der Waals surface area contributed by atoms with Gasteiger partial charge in [0.25, 0.3) is 5.69 Å². The average molecular weight is 452 g/mol. The summed E-state index contributed by atoms with van der Waals surface area (Å²) in [6.07, 6.45) is 0. The van der Waals surface area contributed by atoms with Gasteiger partial charge in [-0.05, 0) is 37.3 Å². The van der Waals surface area contributed by atoms with Gasteiger partial charge in [0.05, 0.1) is 43.3 Å². The van der Waals surface area contributed by atoms with Gasteiger partial charge in [-0.1, -0.05) is 0 Å². The quantitative estimate of drug-likeness (QED) is 0.481. The van der Waals surface area contributed by atoms with E-state index in [0.29, 0.717) is 24.7 Å². The SMILES string of the molecule is COc1ccc(OC)c(C(C)Nc2ccc(S(=O)(=O)N3CCOCC3)cc2[N+](=O)[O-])c1. The largest absolute Gasteiger partial charge is 0.497 e. The molecule has 1 heterocycles. The van der Waals surface area contributed by atoms with E-state index in [0.717, 1.165) is 11.6 Å². The second kappa shape index (κ2) is 9.50. The molecule has 11 heteroatoms.